The van der Waals surface area contributed by atoms with Gasteiger partial charge in [0.25, 0.3) is 0 Å². The second kappa shape index (κ2) is 18.9. The molecule has 2 aliphatic rings. The first-order chi connectivity index (χ1) is 25.6. The zero-order valence-corrected chi connectivity index (χ0v) is 38.4. The van der Waals surface area contributed by atoms with E-state index in [2.05, 4.69) is 42.3 Å². The number of benzene rings is 2. The molecule has 1 N–H and O–H groups in total. The van der Waals surface area contributed by atoms with E-state index in [0.29, 0.717) is 29.7 Å². The Kier molecular flexibility index (Phi) is 16.9. The number of carbonyl (C=O) groups excluding carboxylic acids is 2. The number of hydrogen-bond acceptors (Lipinski definition) is 8. The van der Waals surface area contributed by atoms with Crippen LogP contribution in [0, 0.1) is 38.5 Å². The number of rotatable bonds is 10. The van der Waals surface area contributed by atoms with Gasteiger partial charge in [-0.15, -0.1) is 0 Å². The molecule has 1 unspecified atom stereocenters. The van der Waals surface area contributed by atoms with Crippen LogP contribution in [0.2, 0.25) is 0 Å². The third-order valence-electron chi connectivity index (χ3n) is 9.13. The molecule has 6 nitrogen and oxygen atoms in total. The molecule has 4 rings (SSSR count). The van der Waals surface area contributed by atoms with Gasteiger partial charge in [-0.2, -0.15) is 26.3 Å². The number of aryl methyl sites for hydroxylation is 6. The minimum Gasteiger partial charge on any atom is -0.511 e. The zero-order valence-electron chi connectivity index (χ0n) is 35.0. The molecule has 2 aliphatic carbocycles. The van der Waals surface area contributed by atoms with Crippen LogP contribution < -0.4 is 0 Å². The predicted molar refractivity (Wildman–Crippen MR) is 225 cm³/mol. The van der Waals surface area contributed by atoms with E-state index in [4.69, 9.17) is 20.9 Å². The van der Waals surface area contributed by atoms with Gasteiger partial charge in [-0.3, -0.25) is 9.59 Å². The van der Waals surface area contributed by atoms with Crippen LogP contribution in [0.3, 0.4) is 0 Å². The van der Waals surface area contributed by atoms with Crippen LogP contribution in [0.25, 0.3) is 11.1 Å². The van der Waals surface area contributed by atoms with E-state index in [9.17, 15) is 41.0 Å². The lowest BCUT2D eigenvalue weighted by atomic mass is 9.89. The van der Waals surface area contributed by atoms with Gasteiger partial charge in [0.05, 0.1) is 17.4 Å². The van der Waals surface area contributed by atoms with Gasteiger partial charge in [-0.05, 0) is 99.1 Å². The molecular weight excluding hydrogens is 829 g/mol. The van der Waals surface area contributed by atoms with Gasteiger partial charge in [0.2, 0.25) is 6.49 Å². The van der Waals surface area contributed by atoms with E-state index in [1.54, 1.807) is 0 Å². The highest BCUT2D eigenvalue weighted by Crippen LogP contribution is 2.56. The number of ketones is 2. The first-order valence-electron chi connectivity index (χ1n) is 18.4. The first-order valence-corrected chi connectivity index (χ1v) is 25.1. The van der Waals surface area contributed by atoms with Crippen molar-refractivity contribution in [3.05, 3.63) is 80.3 Å². The second-order valence-corrected chi connectivity index (χ2v) is 25.6. The summed E-state index contributed by atoms with van der Waals surface area (Å²) in [6.07, 6.45) is -8.71. The molecular formula is C41H56F6O6P2S2. The van der Waals surface area contributed by atoms with E-state index in [1.165, 1.54) is 25.6 Å². The molecule has 0 bridgehead atoms. The number of halogens is 6. The van der Waals surface area contributed by atoms with Crippen molar-refractivity contribution in [2.45, 2.75) is 107 Å². The Morgan fingerprint density at radius 3 is 1.42 bits per heavy atom. The van der Waals surface area contributed by atoms with Gasteiger partial charge >= 0.3 is 12.4 Å². The number of aliphatic hydroxyl groups excluding tert-OH is 1. The van der Waals surface area contributed by atoms with Gasteiger partial charge in [-0.1, -0.05) is 88.7 Å². The molecule has 2 aromatic rings. The summed E-state index contributed by atoms with van der Waals surface area (Å²) < 4.78 is 87.2. The highest BCUT2D eigenvalue weighted by atomic mass is 32.5. The fraction of sp³-hybridized carbons (Fsp3) is 0.561. The number of Topliss-reactive ketones (excluding diaryl/α,β-unsaturated/α-hetero) is 2. The second-order valence-electron chi connectivity index (χ2n) is 16.2. The molecule has 0 saturated carbocycles. The topological polar surface area (TPSA) is 82.1 Å². The van der Waals surface area contributed by atoms with Crippen molar-refractivity contribution in [1.29, 1.82) is 0 Å². The van der Waals surface area contributed by atoms with Crippen molar-refractivity contribution in [2.75, 3.05) is 33.2 Å². The lowest BCUT2D eigenvalue weighted by molar-refractivity contribution is -0.153. The maximum atomic E-state index is 12.9. The standard InChI is InChI=1S/C20H26F3O3PS.C17H22O2.C4H8F3OPS/c1-7-14-9-12(2)8-13(3)16(14)17-15(24)10-19(4,5)18(17)26-27(6,28)25-11-20(21,22)23;1-6-12-8-10(2)7-11(3)14(12)15-13(18)9-17(4,5)16(15)19;1-9(2,10)8-3-4(5,6)7/h8-9H,7,10-11H2,1-6H3;7-8,19H,6,9H2,1-5H3;3H2,1-2H3. The summed E-state index contributed by atoms with van der Waals surface area (Å²) in [4.78, 5) is 25.2. The normalized spacial score (nSPS) is 17.9. The predicted octanol–water partition coefficient (Wildman–Crippen LogP) is 12.5. The fourth-order valence-electron chi connectivity index (χ4n) is 6.75. The number of aliphatic hydroxyl groups is 1. The van der Waals surface area contributed by atoms with Crippen molar-refractivity contribution >= 4 is 59.1 Å². The molecule has 0 amide bonds. The van der Waals surface area contributed by atoms with Crippen molar-refractivity contribution < 1.29 is 54.6 Å². The molecule has 320 valence electrons. The molecule has 1 atom stereocenters. The molecule has 57 heavy (non-hydrogen) atoms. The number of alkyl halides is 6. The third-order valence-corrected chi connectivity index (χ3v) is 11.8. The van der Waals surface area contributed by atoms with Crippen molar-refractivity contribution in [3.63, 3.8) is 0 Å². The molecule has 0 aromatic heterocycles. The Labute approximate surface area is 344 Å². The Morgan fingerprint density at radius 1 is 0.684 bits per heavy atom. The summed E-state index contributed by atoms with van der Waals surface area (Å²) in [6, 6.07) is 8.20. The zero-order chi connectivity index (χ0) is 44.3. The number of carbonyl (C=O) groups is 2. The van der Waals surface area contributed by atoms with Crippen LogP contribution in [-0.2, 0) is 59.6 Å². The van der Waals surface area contributed by atoms with Gasteiger partial charge in [-0.25, -0.2) is 0 Å². The molecule has 16 heteroatoms. The molecule has 0 radical (unpaired) electrons. The molecule has 0 saturated heterocycles. The summed E-state index contributed by atoms with van der Waals surface area (Å²) in [5, 5.41) is 10.4. The highest BCUT2D eigenvalue weighted by molar-refractivity contribution is 8.11. The fourth-order valence-corrected chi connectivity index (χ4v) is 8.86. The van der Waals surface area contributed by atoms with Crippen LogP contribution >= 0.6 is 12.8 Å². The molecule has 0 aliphatic heterocycles. The van der Waals surface area contributed by atoms with Gasteiger partial charge in [0.15, 0.2) is 18.2 Å². The summed E-state index contributed by atoms with van der Waals surface area (Å²) in [5.74, 6) is 0.558. The Balaban J connectivity index is 0.000000332. The van der Waals surface area contributed by atoms with Crippen LogP contribution in [0.4, 0.5) is 26.3 Å². The maximum Gasteiger partial charge on any atom is 0.412 e. The van der Waals surface area contributed by atoms with E-state index >= 15 is 0 Å². The lowest BCUT2D eigenvalue weighted by Crippen LogP contribution is -2.18. The smallest absolute Gasteiger partial charge is 0.412 e. The van der Waals surface area contributed by atoms with Crippen molar-refractivity contribution in [1.82, 2.24) is 0 Å². The third kappa shape index (κ3) is 14.7. The average molecular weight is 885 g/mol. The van der Waals surface area contributed by atoms with Crippen LogP contribution in [-0.4, -0.2) is 62.2 Å². The average Bonchev–Trinajstić information content (AvgIpc) is 3.37. The Morgan fingerprint density at radius 2 is 1.07 bits per heavy atom. The Hall–Kier alpha value is -2.34. The minimum atomic E-state index is -4.50. The maximum absolute atomic E-state index is 12.9. The molecule has 0 fully saturated rings. The highest BCUT2D eigenvalue weighted by Gasteiger charge is 2.44. The Bertz CT molecular complexity index is 2010. The van der Waals surface area contributed by atoms with Crippen LogP contribution in [0.15, 0.2) is 35.8 Å². The van der Waals surface area contributed by atoms with Crippen LogP contribution in [0.5, 0.6) is 0 Å². The van der Waals surface area contributed by atoms with Gasteiger partial charge in [0, 0.05) is 30.3 Å². The van der Waals surface area contributed by atoms with Gasteiger partial charge in [0.1, 0.15) is 18.1 Å². The van der Waals surface area contributed by atoms with E-state index in [-0.39, 0.29) is 23.7 Å². The summed E-state index contributed by atoms with van der Waals surface area (Å²) in [5.41, 5.74) is 8.03. The molecule has 0 heterocycles. The number of hydrogen-bond donors (Lipinski definition) is 1. The summed E-state index contributed by atoms with van der Waals surface area (Å²) in [6.45, 7) is 18.0. The number of allylic oxidation sites excluding steroid dienone is 4. The quantitative estimate of drug-likeness (QED) is 0.187. The van der Waals surface area contributed by atoms with Crippen molar-refractivity contribution in [2.24, 2.45) is 10.8 Å². The summed E-state index contributed by atoms with van der Waals surface area (Å²) >= 11 is 9.87. The molecule has 2 aromatic carbocycles. The largest absolute Gasteiger partial charge is 0.511 e. The SMILES string of the molecule is CCc1cc(C)cc(C)c1C1=C(O)C(C)(C)CC1=O.CCc1cc(C)cc(C)c1C1=C(OP(C)(=S)OCC(F)(F)F)C(C)(C)CC1=O.CP(C)(=S)OCC(F)(F)F. The monoisotopic (exact) mass is 884 g/mol. The van der Waals surface area contributed by atoms with Crippen LogP contribution in [0.1, 0.15) is 98.9 Å². The van der Waals surface area contributed by atoms with Gasteiger partial charge < -0.3 is 18.7 Å². The summed E-state index contributed by atoms with van der Waals surface area (Å²) in [7, 11) is 0. The minimum absolute atomic E-state index is 0.0594. The van der Waals surface area contributed by atoms with E-state index in [1.807, 2.05) is 67.5 Å². The lowest BCUT2D eigenvalue weighted by Gasteiger charge is -2.28. The van der Waals surface area contributed by atoms with E-state index in [0.717, 1.165) is 45.4 Å². The molecule has 0 spiro atoms. The van der Waals surface area contributed by atoms with Crippen molar-refractivity contribution in [3.8, 4) is 0 Å². The first kappa shape index (κ1) is 50.8. The van der Waals surface area contributed by atoms with E-state index < -0.39 is 49.2 Å².